The maximum Gasteiger partial charge on any atom is 0.339 e. The number of carbonyl (C=O) groups is 2. The quantitative estimate of drug-likeness (QED) is 0.860. The van der Waals surface area contributed by atoms with Gasteiger partial charge in [0.1, 0.15) is 18.2 Å². The molecular weight excluding hydrogens is 272 g/mol. The molecule has 0 saturated heterocycles. The number of fused-ring (bicyclic) bond motifs is 1. The fourth-order valence-corrected chi connectivity index (χ4v) is 2.38. The minimum atomic E-state index is -1.03. The Morgan fingerprint density at radius 2 is 2.24 bits per heavy atom. The molecule has 1 heterocycles. The summed E-state index contributed by atoms with van der Waals surface area (Å²) in [5.74, 6) is -0.756. The molecule has 114 valence electrons. The Labute approximate surface area is 123 Å². The number of nitrogens with one attached hydrogen (secondary N) is 1. The molecule has 6 heteroatoms. The Bertz CT molecular complexity index is 544. The van der Waals surface area contributed by atoms with Crippen LogP contribution in [-0.4, -0.2) is 42.7 Å². The highest BCUT2D eigenvalue weighted by molar-refractivity contribution is 5.94. The summed E-state index contributed by atoms with van der Waals surface area (Å²) in [6.07, 6.45) is 0.876. The molecule has 0 fully saturated rings. The summed E-state index contributed by atoms with van der Waals surface area (Å²) < 4.78 is 5.50. The second kappa shape index (κ2) is 6.47. The highest BCUT2D eigenvalue weighted by Gasteiger charge is 2.29. The minimum absolute atomic E-state index is 0.0644. The first kappa shape index (κ1) is 15.2. The molecule has 1 aliphatic rings. The summed E-state index contributed by atoms with van der Waals surface area (Å²) in [5.41, 5.74) is 0.777. The van der Waals surface area contributed by atoms with Crippen molar-refractivity contribution in [2.45, 2.75) is 26.3 Å². The van der Waals surface area contributed by atoms with Gasteiger partial charge in [0.25, 0.3) is 0 Å². The third-order valence-corrected chi connectivity index (χ3v) is 3.51. The average molecular weight is 292 g/mol. The number of hydrogen-bond donors (Lipinski definition) is 2. The van der Waals surface area contributed by atoms with Gasteiger partial charge >= 0.3 is 5.97 Å². The van der Waals surface area contributed by atoms with E-state index in [1.807, 2.05) is 18.7 Å². The number of carboxylic acid groups (broad SMARTS) is 1. The van der Waals surface area contributed by atoms with Crippen LogP contribution >= 0.6 is 0 Å². The number of aromatic carboxylic acids is 1. The van der Waals surface area contributed by atoms with E-state index in [4.69, 9.17) is 4.74 Å². The first-order valence-electron chi connectivity index (χ1n) is 7.09. The van der Waals surface area contributed by atoms with Crippen LogP contribution in [0.5, 0.6) is 5.75 Å². The maximum absolute atomic E-state index is 12.1. The maximum atomic E-state index is 12.1. The van der Waals surface area contributed by atoms with Crippen LogP contribution in [-0.2, 0) is 4.79 Å². The zero-order valence-corrected chi connectivity index (χ0v) is 12.3. The molecule has 1 aromatic carbocycles. The Morgan fingerprint density at radius 1 is 1.48 bits per heavy atom. The summed E-state index contributed by atoms with van der Waals surface area (Å²) in [6.45, 7) is 5.36. The molecular formula is C15H20N2O4. The van der Waals surface area contributed by atoms with Gasteiger partial charge in [0, 0.05) is 6.54 Å². The second-order valence-electron chi connectivity index (χ2n) is 4.97. The predicted molar refractivity (Wildman–Crippen MR) is 79.0 cm³/mol. The van der Waals surface area contributed by atoms with Gasteiger partial charge in [-0.25, -0.2) is 4.79 Å². The Kier molecular flexibility index (Phi) is 4.67. The Hall–Kier alpha value is -2.24. The first-order chi connectivity index (χ1) is 10.1. The van der Waals surface area contributed by atoms with Crippen LogP contribution in [0.1, 0.15) is 30.6 Å². The van der Waals surface area contributed by atoms with E-state index in [2.05, 4.69) is 5.32 Å². The number of para-hydroxylation sites is 1. The van der Waals surface area contributed by atoms with Crippen molar-refractivity contribution in [1.82, 2.24) is 5.32 Å². The van der Waals surface area contributed by atoms with Crippen molar-refractivity contribution in [2.75, 3.05) is 24.6 Å². The molecule has 0 radical (unpaired) electrons. The molecule has 1 unspecified atom stereocenters. The number of carboxylic acids is 1. The lowest BCUT2D eigenvalue weighted by atomic mass is 10.1. The molecule has 0 saturated carbocycles. The van der Waals surface area contributed by atoms with Crippen LogP contribution in [0, 0.1) is 0 Å². The molecule has 0 aliphatic carbocycles. The second-order valence-corrected chi connectivity index (χ2v) is 4.97. The number of anilines is 1. The van der Waals surface area contributed by atoms with Crippen LogP contribution in [0.2, 0.25) is 0 Å². The molecule has 2 rings (SSSR count). The van der Waals surface area contributed by atoms with Crippen LogP contribution < -0.4 is 15.0 Å². The normalized spacial score (nSPS) is 14.9. The van der Waals surface area contributed by atoms with Crippen LogP contribution in [0.25, 0.3) is 0 Å². The predicted octanol–water partition coefficient (Wildman–Crippen LogP) is 1.50. The van der Waals surface area contributed by atoms with E-state index in [9.17, 15) is 14.7 Å². The lowest BCUT2D eigenvalue weighted by Crippen LogP contribution is -2.48. The molecule has 2 N–H and O–H groups in total. The summed E-state index contributed by atoms with van der Waals surface area (Å²) in [6, 6.07) is 4.58. The van der Waals surface area contributed by atoms with Gasteiger partial charge in [-0.3, -0.25) is 4.79 Å². The molecule has 1 atom stereocenters. The molecule has 0 aromatic heterocycles. The van der Waals surface area contributed by atoms with E-state index in [1.165, 1.54) is 6.07 Å². The average Bonchev–Trinajstić information content (AvgIpc) is 2.50. The van der Waals surface area contributed by atoms with Crippen LogP contribution in [0.4, 0.5) is 5.69 Å². The minimum Gasteiger partial charge on any atom is -0.489 e. The number of benzene rings is 1. The third-order valence-electron chi connectivity index (χ3n) is 3.51. The lowest BCUT2D eigenvalue weighted by Gasteiger charge is -2.35. The molecule has 0 spiro atoms. The van der Waals surface area contributed by atoms with Crippen molar-refractivity contribution in [1.29, 1.82) is 0 Å². The van der Waals surface area contributed by atoms with E-state index >= 15 is 0 Å². The number of hydrogen-bond acceptors (Lipinski definition) is 4. The Morgan fingerprint density at radius 3 is 2.90 bits per heavy atom. The third kappa shape index (κ3) is 3.09. The monoisotopic (exact) mass is 292 g/mol. The Balaban J connectivity index is 2.28. The van der Waals surface area contributed by atoms with E-state index in [0.29, 0.717) is 31.1 Å². The largest absolute Gasteiger partial charge is 0.489 e. The number of ether oxygens (including phenoxy) is 1. The molecule has 0 bridgehead atoms. The number of rotatable bonds is 5. The van der Waals surface area contributed by atoms with Gasteiger partial charge < -0.3 is 20.1 Å². The fraction of sp³-hybridized carbons (Fsp3) is 0.467. The number of amides is 1. The molecule has 1 aromatic rings. The van der Waals surface area contributed by atoms with E-state index in [-0.39, 0.29) is 17.5 Å². The van der Waals surface area contributed by atoms with Gasteiger partial charge in [-0.2, -0.15) is 0 Å². The highest BCUT2D eigenvalue weighted by atomic mass is 16.5. The van der Waals surface area contributed by atoms with Gasteiger partial charge in [0.15, 0.2) is 5.75 Å². The van der Waals surface area contributed by atoms with Gasteiger partial charge in [0.2, 0.25) is 5.91 Å². The molecule has 1 aliphatic heterocycles. The van der Waals surface area contributed by atoms with Crippen molar-refractivity contribution in [3.05, 3.63) is 23.8 Å². The first-order valence-corrected chi connectivity index (χ1v) is 7.09. The van der Waals surface area contributed by atoms with Crippen molar-refractivity contribution in [3.63, 3.8) is 0 Å². The van der Waals surface area contributed by atoms with Gasteiger partial charge in [-0.05, 0) is 25.5 Å². The summed E-state index contributed by atoms with van der Waals surface area (Å²) in [4.78, 5) is 25.3. The number of carbonyl (C=O) groups excluding carboxylic acids is 1. The molecule has 21 heavy (non-hydrogen) atoms. The van der Waals surface area contributed by atoms with Crippen LogP contribution in [0.15, 0.2) is 18.2 Å². The van der Waals surface area contributed by atoms with Crippen molar-refractivity contribution >= 4 is 17.6 Å². The fourth-order valence-electron chi connectivity index (χ4n) is 2.38. The van der Waals surface area contributed by atoms with Crippen molar-refractivity contribution in [2.24, 2.45) is 0 Å². The standard InChI is InChI=1S/C15H20N2O4/c1-3-7-16-14(18)10(2)17-8-9-21-13-11(15(19)20)5-4-6-12(13)17/h4-6,10H,3,7-9H2,1-2H3,(H,16,18)(H,19,20). The SMILES string of the molecule is CCCNC(=O)C(C)N1CCOc2c(C(=O)O)cccc21. The topological polar surface area (TPSA) is 78.9 Å². The highest BCUT2D eigenvalue weighted by Crippen LogP contribution is 2.36. The van der Waals surface area contributed by atoms with Crippen LogP contribution in [0.3, 0.4) is 0 Å². The van der Waals surface area contributed by atoms with Gasteiger partial charge in [0.05, 0.1) is 12.2 Å². The van der Waals surface area contributed by atoms with Crippen molar-refractivity contribution in [3.8, 4) is 5.75 Å². The lowest BCUT2D eigenvalue weighted by molar-refractivity contribution is -0.122. The van der Waals surface area contributed by atoms with E-state index < -0.39 is 5.97 Å². The summed E-state index contributed by atoms with van der Waals surface area (Å²) >= 11 is 0. The van der Waals surface area contributed by atoms with Crippen molar-refractivity contribution < 1.29 is 19.4 Å². The summed E-state index contributed by atoms with van der Waals surface area (Å²) in [5, 5.41) is 12.1. The van der Waals surface area contributed by atoms with Gasteiger partial charge in [-0.1, -0.05) is 13.0 Å². The summed E-state index contributed by atoms with van der Waals surface area (Å²) in [7, 11) is 0. The van der Waals surface area contributed by atoms with E-state index in [1.54, 1.807) is 12.1 Å². The molecule has 1 amide bonds. The smallest absolute Gasteiger partial charge is 0.339 e. The zero-order valence-electron chi connectivity index (χ0n) is 12.3. The van der Waals surface area contributed by atoms with E-state index in [0.717, 1.165) is 6.42 Å². The molecule has 6 nitrogen and oxygen atoms in total. The number of nitrogens with zero attached hydrogens (tertiary/aromatic N) is 1. The zero-order chi connectivity index (χ0) is 15.4. The van der Waals surface area contributed by atoms with Gasteiger partial charge in [-0.15, -0.1) is 0 Å².